The minimum absolute atomic E-state index is 0.0622. The first kappa shape index (κ1) is 15.6. The molecule has 0 fully saturated rings. The summed E-state index contributed by atoms with van der Waals surface area (Å²) in [5.41, 5.74) is 4.01. The monoisotopic (exact) mass is 288 g/mol. The number of aromatic amines is 1. The molecule has 1 aromatic heterocycles. The van der Waals surface area contributed by atoms with Gasteiger partial charge in [0, 0.05) is 24.1 Å². The molecule has 4 heteroatoms. The van der Waals surface area contributed by atoms with Crippen LogP contribution >= 0.6 is 0 Å². The number of rotatable bonds is 6. The normalized spacial score (nSPS) is 11.3. The Labute approximate surface area is 125 Å². The van der Waals surface area contributed by atoms with Crippen LogP contribution in [-0.2, 0) is 4.74 Å². The van der Waals surface area contributed by atoms with Gasteiger partial charge in [0.25, 0.3) is 5.91 Å². The molecule has 0 bridgehead atoms. The molecule has 1 aromatic carbocycles. The molecule has 0 unspecified atom stereocenters. The zero-order valence-corrected chi connectivity index (χ0v) is 13.2. The number of aromatic nitrogens is 1. The van der Waals surface area contributed by atoms with Crippen molar-refractivity contribution in [2.75, 3.05) is 13.2 Å². The lowest BCUT2D eigenvalue weighted by atomic mass is 10.1. The van der Waals surface area contributed by atoms with Crippen LogP contribution in [0.4, 0.5) is 0 Å². The van der Waals surface area contributed by atoms with Gasteiger partial charge < -0.3 is 15.0 Å². The minimum Gasteiger partial charge on any atom is -0.379 e. The largest absolute Gasteiger partial charge is 0.379 e. The van der Waals surface area contributed by atoms with Gasteiger partial charge in [-0.15, -0.1) is 0 Å². The lowest BCUT2D eigenvalue weighted by Crippen LogP contribution is -2.25. The van der Waals surface area contributed by atoms with E-state index in [4.69, 9.17) is 4.74 Å². The molecule has 1 heterocycles. The Kier molecular flexibility index (Phi) is 5.02. The van der Waals surface area contributed by atoms with E-state index in [0.717, 1.165) is 17.3 Å². The highest BCUT2D eigenvalue weighted by atomic mass is 16.5. The first-order valence-corrected chi connectivity index (χ1v) is 7.47. The second-order valence-corrected chi connectivity index (χ2v) is 5.76. The van der Waals surface area contributed by atoms with Gasteiger partial charge >= 0.3 is 0 Å². The number of carbonyl (C=O) groups is 1. The lowest BCUT2D eigenvalue weighted by Gasteiger charge is -2.07. The fraction of sp³-hybridized carbons (Fsp3) is 0.471. The van der Waals surface area contributed by atoms with Crippen LogP contribution in [0.25, 0.3) is 10.9 Å². The van der Waals surface area contributed by atoms with E-state index in [0.29, 0.717) is 18.8 Å². The SMILES string of the molecule is Cc1cc(C)c2cc(C(=O)NCCCOC(C)C)[nH]c2c1. The minimum atomic E-state index is -0.0622. The summed E-state index contributed by atoms with van der Waals surface area (Å²) in [6.45, 7) is 9.43. The predicted octanol–water partition coefficient (Wildman–Crippen LogP) is 3.33. The van der Waals surface area contributed by atoms with Gasteiger partial charge in [0.1, 0.15) is 5.69 Å². The van der Waals surface area contributed by atoms with Crippen molar-refractivity contribution in [1.29, 1.82) is 0 Å². The smallest absolute Gasteiger partial charge is 0.267 e. The third-order valence-corrected chi connectivity index (χ3v) is 3.39. The highest BCUT2D eigenvalue weighted by molar-refractivity contribution is 5.98. The Morgan fingerprint density at radius 3 is 2.76 bits per heavy atom. The maximum Gasteiger partial charge on any atom is 0.267 e. The van der Waals surface area contributed by atoms with Crippen molar-refractivity contribution in [3.63, 3.8) is 0 Å². The Hall–Kier alpha value is -1.81. The van der Waals surface area contributed by atoms with Gasteiger partial charge in [-0.25, -0.2) is 0 Å². The quantitative estimate of drug-likeness (QED) is 0.801. The standard InChI is InChI=1S/C17H24N2O2/c1-11(2)21-7-5-6-18-17(20)16-10-14-13(4)8-12(3)9-15(14)19-16/h8-11,19H,5-7H2,1-4H3,(H,18,20). The van der Waals surface area contributed by atoms with Crippen molar-refractivity contribution < 1.29 is 9.53 Å². The second-order valence-electron chi connectivity index (χ2n) is 5.76. The fourth-order valence-electron chi connectivity index (χ4n) is 2.41. The van der Waals surface area contributed by atoms with Crippen LogP contribution in [0.2, 0.25) is 0 Å². The summed E-state index contributed by atoms with van der Waals surface area (Å²) >= 11 is 0. The summed E-state index contributed by atoms with van der Waals surface area (Å²) in [5.74, 6) is -0.0622. The van der Waals surface area contributed by atoms with E-state index in [1.54, 1.807) is 0 Å². The van der Waals surface area contributed by atoms with Gasteiger partial charge in [0.2, 0.25) is 0 Å². The number of ether oxygens (including phenoxy) is 1. The average molecular weight is 288 g/mol. The number of amides is 1. The average Bonchev–Trinajstić information content (AvgIpc) is 2.82. The van der Waals surface area contributed by atoms with Crippen LogP contribution in [0.5, 0.6) is 0 Å². The molecule has 2 N–H and O–H groups in total. The number of nitrogens with one attached hydrogen (secondary N) is 2. The van der Waals surface area contributed by atoms with Crippen LogP contribution in [-0.4, -0.2) is 30.1 Å². The van der Waals surface area contributed by atoms with Gasteiger partial charge in [0.05, 0.1) is 6.10 Å². The zero-order valence-electron chi connectivity index (χ0n) is 13.2. The van der Waals surface area contributed by atoms with E-state index in [-0.39, 0.29) is 12.0 Å². The summed E-state index contributed by atoms with van der Waals surface area (Å²) in [6.07, 6.45) is 1.06. The number of aryl methyl sites for hydroxylation is 2. The van der Waals surface area contributed by atoms with Gasteiger partial charge in [-0.2, -0.15) is 0 Å². The lowest BCUT2D eigenvalue weighted by molar-refractivity contribution is 0.0756. The summed E-state index contributed by atoms with van der Waals surface area (Å²) in [5, 5.41) is 4.02. The summed E-state index contributed by atoms with van der Waals surface area (Å²) in [6, 6.07) is 6.11. The molecule has 2 rings (SSSR count). The van der Waals surface area contributed by atoms with E-state index in [2.05, 4.69) is 36.3 Å². The Balaban J connectivity index is 1.95. The number of benzene rings is 1. The molecule has 114 valence electrons. The first-order valence-electron chi connectivity index (χ1n) is 7.47. The van der Waals surface area contributed by atoms with E-state index in [1.165, 1.54) is 11.1 Å². The zero-order chi connectivity index (χ0) is 15.4. The number of hydrogen-bond acceptors (Lipinski definition) is 2. The Morgan fingerprint density at radius 2 is 2.05 bits per heavy atom. The first-order chi connectivity index (χ1) is 9.97. The molecule has 0 saturated heterocycles. The van der Waals surface area contributed by atoms with Crippen molar-refractivity contribution in [3.05, 3.63) is 35.0 Å². The molecule has 21 heavy (non-hydrogen) atoms. The van der Waals surface area contributed by atoms with Crippen LogP contribution in [0.15, 0.2) is 18.2 Å². The third kappa shape index (κ3) is 4.08. The molecule has 0 atom stereocenters. The van der Waals surface area contributed by atoms with Crippen LogP contribution in [0.1, 0.15) is 41.9 Å². The second kappa shape index (κ2) is 6.76. The van der Waals surface area contributed by atoms with Crippen molar-refractivity contribution in [2.24, 2.45) is 0 Å². The highest BCUT2D eigenvalue weighted by Gasteiger charge is 2.10. The summed E-state index contributed by atoms with van der Waals surface area (Å²) in [7, 11) is 0. The molecular weight excluding hydrogens is 264 g/mol. The van der Waals surface area contributed by atoms with E-state index in [9.17, 15) is 4.79 Å². The molecular formula is C17H24N2O2. The summed E-state index contributed by atoms with van der Waals surface area (Å²) < 4.78 is 5.45. The van der Waals surface area contributed by atoms with Gasteiger partial charge in [-0.05, 0) is 57.4 Å². The molecule has 0 spiro atoms. The van der Waals surface area contributed by atoms with Crippen molar-refractivity contribution >= 4 is 16.8 Å². The molecule has 0 saturated carbocycles. The molecule has 0 aliphatic heterocycles. The summed E-state index contributed by atoms with van der Waals surface area (Å²) in [4.78, 5) is 15.3. The van der Waals surface area contributed by atoms with Crippen LogP contribution in [0.3, 0.4) is 0 Å². The van der Waals surface area contributed by atoms with E-state index >= 15 is 0 Å². The van der Waals surface area contributed by atoms with Crippen molar-refractivity contribution in [2.45, 2.75) is 40.2 Å². The van der Waals surface area contributed by atoms with Crippen molar-refractivity contribution in [1.82, 2.24) is 10.3 Å². The number of carbonyl (C=O) groups excluding carboxylic acids is 1. The Morgan fingerprint density at radius 1 is 1.29 bits per heavy atom. The molecule has 1 amide bonds. The van der Waals surface area contributed by atoms with Gasteiger partial charge in [-0.1, -0.05) is 6.07 Å². The fourth-order valence-corrected chi connectivity index (χ4v) is 2.41. The number of hydrogen-bond donors (Lipinski definition) is 2. The molecule has 2 aromatic rings. The number of H-pyrrole nitrogens is 1. The molecule has 0 aliphatic rings. The van der Waals surface area contributed by atoms with Gasteiger partial charge in [0.15, 0.2) is 0 Å². The molecule has 4 nitrogen and oxygen atoms in total. The predicted molar refractivity (Wildman–Crippen MR) is 85.8 cm³/mol. The third-order valence-electron chi connectivity index (χ3n) is 3.39. The number of fused-ring (bicyclic) bond motifs is 1. The Bertz CT molecular complexity index is 629. The van der Waals surface area contributed by atoms with Crippen LogP contribution in [0, 0.1) is 13.8 Å². The van der Waals surface area contributed by atoms with Gasteiger partial charge in [-0.3, -0.25) is 4.79 Å². The maximum atomic E-state index is 12.1. The topological polar surface area (TPSA) is 54.1 Å². The van der Waals surface area contributed by atoms with E-state index in [1.807, 2.05) is 19.9 Å². The molecule has 0 aliphatic carbocycles. The maximum absolute atomic E-state index is 12.1. The van der Waals surface area contributed by atoms with Crippen molar-refractivity contribution in [3.8, 4) is 0 Å². The highest BCUT2D eigenvalue weighted by Crippen LogP contribution is 2.21. The van der Waals surface area contributed by atoms with E-state index < -0.39 is 0 Å². The molecule has 0 radical (unpaired) electrons. The van der Waals surface area contributed by atoms with Crippen LogP contribution < -0.4 is 5.32 Å².